The number of carbonyl (C=O) groups is 3. The van der Waals surface area contributed by atoms with Crippen molar-refractivity contribution >= 4 is 17.9 Å². The number of hydrogen-bond acceptors (Lipinski definition) is 7. The molecular weight excluding hydrogens is 231 g/mol. The molecule has 0 rings (SSSR count). The van der Waals surface area contributed by atoms with E-state index in [9.17, 15) is 24.6 Å². The van der Waals surface area contributed by atoms with Gasteiger partial charge in [-0.2, -0.15) is 0 Å². The molecule has 0 spiro atoms. The van der Waals surface area contributed by atoms with Gasteiger partial charge in [0, 0.05) is 0 Å². The average molecular weight is 242 g/mol. The molecule has 0 radical (unpaired) electrons. The minimum Gasteiger partial charge on any atom is -0.547 e. The molecule has 0 heterocycles. The van der Waals surface area contributed by atoms with Crippen molar-refractivity contribution in [3.05, 3.63) is 0 Å². The number of esters is 2. The molecule has 16 heavy (non-hydrogen) atoms. The zero-order valence-electron chi connectivity index (χ0n) is 9.31. The summed E-state index contributed by atoms with van der Waals surface area (Å²) in [5.74, 6) is -3.87. The monoisotopic (exact) mass is 242 g/mol. The molecule has 0 bridgehead atoms. The Morgan fingerprint density at radius 1 is 1.12 bits per heavy atom. The molecule has 0 aliphatic rings. The molecule has 0 aromatic heterocycles. The van der Waals surface area contributed by atoms with Crippen LogP contribution in [0.2, 0.25) is 0 Å². The fourth-order valence-corrected chi connectivity index (χ4v) is 0.829. The molecule has 0 saturated carbocycles. The summed E-state index contributed by atoms with van der Waals surface area (Å²) in [5, 5.41) is 20.0. The molecule has 86 valence electrons. The van der Waals surface area contributed by atoms with E-state index in [1.165, 1.54) is 0 Å². The minimum atomic E-state index is -2.60. The van der Waals surface area contributed by atoms with Crippen molar-refractivity contribution in [2.75, 3.05) is 14.2 Å². The molecule has 0 aliphatic carbocycles. The number of hydrogen-bond donors (Lipinski definition) is 1. The summed E-state index contributed by atoms with van der Waals surface area (Å²) in [5.41, 5.74) is -2.60. The van der Waals surface area contributed by atoms with Crippen LogP contribution in [0.1, 0.15) is 12.8 Å². The van der Waals surface area contributed by atoms with E-state index in [4.69, 9.17) is 0 Å². The molecule has 0 amide bonds. The van der Waals surface area contributed by atoms with E-state index >= 15 is 0 Å². The number of carboxylic acids is 1. The normalized spacial score (nSPS) is 9.94. The minimum absolute atomic E-state index is 0. The van der Waals surface area contributed by atoms with Crippen molar-refractivity contribution in [3.8, 4) is 0 Å². The Hall–Kier alpha value is -0.630. The van der Waals surface area contributed by atoms with Gasteiger partial charge in [0.2, 0.25) is 0 Å². The van der Waals surface area contributed by atoms with E-state index in [0.717, 1.165) is 14.2 Å². The van der Waals surface area contributed by atoms with Crippen LogP contribution in [0, 0.1) is 0 Å². The third-order valence-corrected chi connectivity index (χ3v) is 1.71. The second kappa shape index (κ2) is 7.61. The topological polar surface area (TPSA) is 113 Å². The number of ether oxygens (including phenoxy) is 2. The quantitative estimate of drug-likeness (QED) is 0.378. The molecule has 0 aromatic carbocycles. The Morgan fingerprint density at radius 2 is 1.44 bits per heavy atom. The van der Waals surface area contributed by atoms with Crippen LogP contribution in [0.5, 0.6) is 0 Å². The van der Waals surface area contributed by atoms with Crippen LogP contribution in [0.25, 0.3) is 0 Å². The van der Waals surface area contributed by atoms with Crippen LogP contribution in [0.3, 0.4) is 0 Å². The van der Waals surface area contributed by atoms with E-state index in [-0.39, 0.29) is 29.6 Å². The molecule has 0 atom stereocenters. The average Bonchev–Trinajstić information content (AvgIpc) is 2.16. The molecule has 0 fully saturated rings. The first kappa shape index (κ1) is 17.8. The summed E-state index contributed by atoms with van der Waals surface area (Å²) < 4.78 is 8.34. The van der Waals surface area contributed by atoms with Gasteiger partial charge in [0.25, 0.3) is 0 Å². The standard InChI is InChI=1S/C8H12O7.Na/c1-14-5(9)3-8(13,7(11)12)4-6(10)15-2;/h13H,3-4H2,1-2H3,(H,11,12);/q;+1/p-1. The number of aliphatic hydroxyl groups is 1. The van der Waals surface area contributed by atoms with Crippen LogP contribution in [0.4, 0.5) is 0 Å². The van der Waals surface area contributed by atoms with Gasteiger partial charge in [-0.15, -0.1) is 0 Å². The third-order valence-electron chi connectivity index (χ3n) is 1.71. The smallest absolute Gasteiger partial charge is 0.547 e. The number of rotatable bonds is 5. The number of carboxylic acid groups (broad SMARTS) is 1. The van der Waals surface area contributed by atoms with Crippen LogP contribution in [-0.4, -0.2) is 42.8 Å². The van der Waals surface area contributed by atoms with Gasteiger partial charge in [0.1, 0.15) is 5.60 Å². The Labute approximate surface area is 114 Å². The first-order valence-electron chi connectivity index (χ1n) is 3.93. The van der Waals surface area contributed by atoms with Crippen molar-refractivity contribution in [2.24, 2.45) is 0 Å². The molecule has 0 saturated heterocycles. The van der Waals surface area contributed by atoms with Crippen LogP contribution >= 0.6 is 0 Å². The third kappa shape index (κ3) is 5.45. The van der Waals surface area contributed by atoms with Gasteiger partial charge in [-0.1, -0.05) is 0 Å². The molecule has 8 heteroatoms. The van der Waals surface area contributed by atoms with E-state index in [0.29, 0.717) is 0 Å². The number of methoxy groups -OCH3 is 2. The van der Waals surface area contributed by atoms with Gasteiger partial charge in [0.15, 0.2) is 0 Å². The predicted octanol–water partition coefficient (Wildman–Crippen LogP) is -5.40. The second-order valence-electron chi connectivity index (χ2n) is 2.82. The van der Waals surface area contributed by atoms with Crippen LogP contribution < -0.4 is 34.7 Å². The van der Waals surface area contributed by atoms with E-state index in [1.54, 1.807) is 0 Å². The molecule has 0 unspecified atom stereocenters. The molecule has 7 nitrogen and oxygen atoms in total. The van der Waals surface area contributed by atoms with Crippen LogP contribution in [-0.2, 0) is 23.9 Å². The molecular formula is C8H11NaO7. The van der Waals surface area contributed by atoms with E-state index < -0.39 is 36.4 Å². The largest absolute Gasteiger partial charge is 1.00 e. The predicted molar refractivity (Wildman–Crippen MR) is 43.2 cm³/mol. The SMILES string of the molecule is COC(=O)CC(O)(CC(=O)OC)C(=O)[O-].[Na+]. The fraction of sp³-hybridized carbons (Fsp3) is 0.625. The summed E-state index contributed by atoms with van der Waals surface area (Å²) in [6, 6.07) is 0. The van der Waals surface area contributed by atoms with Gasteiger partial charge in [-0.3, -0.25) is 9.59 Å². The summed E-state index contributed by atoms with van der Waals surface area (Å²) >= 11 is 0. The zero-order valence-corrected chi connectivity index (χ0v) is 11.3. The summed E-state index contributed by atoms with van der Waals surface area (Å²) in [4.78, 5) is 32.1. The van der Waals surface area contributed by atoms with Crippen molar-refractivity contribution in [1.82, 2.24) is 0 Å². The van der Waals surface area contributed by atoms with Crippen LogP contribution in [0.15, 0.2) is 0 Å². The maximum Gasteiger partial charge on any atom is 1.00 e. The Kier molecular flexibility index (Phi) is 8.45. The molecule has 0 aromatic rings. The van der Waals surface area contributed by atoms with Gasteiger partial charge in [-0.25, -0.2) is 0 Å². The zero-order chi connectivity index (χ0) is 12.1. The first-order chi connectivity index (χ1) is 6.85. The fourth-order valence-electron chi connectivity index (χ4n) is 0.829. The number of aliphatic carboxylic acids is 1. The van der Waals surface area contributed by atoms with Gasteiger partial charge in [-0.05, 0) is 0 Å². The van der Waals surface area contributed by atoms with Crippen molar-refractivity contribution < 1.29 is 63.6 Å². The number of carbonyl (C=O) groups excluding carboxylic acids is 3. The van der Waals surface area contributed by atoms with Gasteiger partial charge < -0.3 is 24.5 Å². The van der Waals surface area contributed by atoms with Crippen molar-refractivity contribution in [3.63, 3.8) is 0 Å². The summed E-state index contributed by atoms with van der Waals surface area (Å²) in [6.07, 6.45) is -1.75. The molecule has 1 N–H and O–H groups in total. The van der Waals surface area contributed by atoms with Gasteiger partial charge >= 0.3 is 41.5 Å². The van der Waals surface area contributed by atoms with E-state index in [1.807, 2.05) is 0 Å². The van der Waals surface area contributed by atoms with Crippen molar-refractivity contribution in [2.45, 2.75) is 18.4 Å². The van der Waals surface area contributed by atoms with Crippen molar-refractivity contribution in [1.29, 1.82) is 0 Å². The molecule has 0 aliphatic heterocycles. The first-order valence-corrected chi connectivity index (χ1v) is 3.93. The summed E-state index contributed by atoms with van der Waals surface area (Å²) in [7, 11) is 2.05. The van der Waals surface area contributed by atoms with Gasteiger partial charge in [0.05, 0.1) is 33.0 Å². The second-order valence-corrected chi connectivity index (χ2v) is 2.82. The Balaban J connectivity index is 0. The maximum atomic E-state index is 10.8. The maximum absolute atomic E-state index is 10.8. The Morgan fingerprint density at radius 3 is 1.62 bits per heavy atom. The summed E-state index contributed by atoms with van der Waals surface area (Å²) in [6.45, 7) is 0. The van der Waals surface area contributed by atoms with E-state index in [2.05, 4.69) is 9.47 Å². The Bertz CT molecular complexity index is 258.